The Morgan fingerprint density at radius 1 is 0.968 bits per heavy atom. The maximum Gasteiger partial charge on any atom is 0.416 e. The van der Waals surface area contributed by atoms with E-state index in [1.165, 1.54) is 24.3 Å². The van der Waals surface area contributed by atoms with E-state index >= 15 is 0 Å². The van der Waals surface area contributed by atoms with Crippen molar-refractivity contribution in [3.63, 3.8) is 0 Å². The molecule has 0 aliphatic heterocycles. The van der Waals surface area contributed by atoms with Gasteiger partial charge in [0.25, 0.3) is 0 Å². The molecule has 0 bridgehead atoms. The molecular weight excluding hydrogens is 527 g/mol. The summed E-state index contributed by atoms with van der Waals surface area (Å²) in [6.45, 7) is 1.14. The number of carbonyl (C=O) groups is 1. The SMILES string of the molecule is CN=C(NCCNC(=O)Cc1ccc(F)cc1)N(C)Cc1ccc(C(F)(F)F)cc1.I. The highest BCUT2D eigenvalue weighted by Crippen LogP contribution is 2.29. The zero-order valence-electron chi connectivity index (χ0n) is 17.2. The third kappa shape index (κ3) is 9.11. The van der Waals surface area contributed by atoms with Gasteiger partial charge in [-0.3, -0.25) is 9.79 Å². The number of hydrogen-bond donors (Lipinski definition) is 2. The van der Waals surface area contributed by atoms with Gasteiger partial charge in [-0.05, 0) is 35.4 Å². The molecule has 31 heavy (non-hydrogen) atoms. The van der Waals surface area contributed by atoms with Gasteiger partial charge in [-0.1, -0.05) is 24.3 Å². The number of hydrogen-bond acceptors (Lipinski definition) is 2. The summed E-state index contributed by atoms with van der Waals surface area (Å²) in [4.78, 5) is 17.8. The Kier molecular flexibility index (Phi) is 10.7. The van der Waals surface area contributed by atoms with E-state index in [0.29, 0.717) is 36.7 Å². The van der Waals surface area contributed by atoms with E-state index in [0.717, 1.165) is 12.1 Å². The number of nitrogens with one attached hydrogen (secondary N) is 2. The van der Waals surface area contributed by atoms with Crippen molar-refractivity contribution >= 4 is 35.8 Å². The molecule has 0 fully saturated rings. The normalized spacial score (nSPS) is 11.5. The largest absolute Gasteiger partial charge is 0.416 e. The molecule has 0 heterocycles. The number of carbonyl (C=O) groups excluding carboxylic acids is 1. The Labute approximate surface area is 195 Å². The first kappa shape index (κ1) is 26.7. The van der Waals surface area contributed by atoms with Crippen LogP contribution in [0.1, 0.15) is 16.7 Å². The summed E-state index contributed by atoms with van der Waals surface area (Å²) in [5, 5.41) is 5.84. The van der Waals surface area contributed by atoms with Gasteiger partial charge in [0.1, 0.15) is 5.82 Å². The van der Waals surface area contributed by atoms with Crippen molar-refractivity contribution in [2.24, 2.45) is 4.99 Å². The first-order valence-electron chi connectivity index (χ1n) is 9.28. The van der Waals surface area contributed by atoms with Crippen LogP contribution < -0.4 is 10.6 Å². The summed E-state index contributed by atoms with van der Waals surface area (Å²) in [5.74, 6) is 0.00865. The van der Waals surface area contributed by atoms with Crippen LogP contribution in [-0.2, 0) is 23.9 Å². The van der Waals surface area contributed by atoms with Crippen molar-refractivity contribution in [3.8, 4) is 0 Å². The monoisotopic (exact) mass is 552 g/mol. The molecule has 0 atom stereocenters. The van der Waals surface area contributed by atoms with Gasteiger partial charge in [-0.25, -0.2) is 4.39 Å². The lowest BCUT2D eigenvalue weighted by Gasteiger charge is -2.22. The lowest BCUT2D eigenvalue weighted by molar-refractivity contribution is -0.137. The molecule has 2 aromatic rings. The van der Waals surface area contributed by atoms with Gasteiger partial charge in [0.2, 0.25) is 5.91 Å². The first-order chi connectivity index (χ1) is 14.2. The smallest absolute Gasteiger partial charge is 0.354 e. The molecule has 5 nitrogen and oxygen atoms in total. The van der Waals surface area contributed by atoms with Gasteiger partial charge in [0.15, 0.2) is 5.96 Å². The lowest BCUT2D eigenvalue weighted by Crippen LogP contribution is -2.42. The van der Waals surface area contributed by atoms with E-state index in [1.807, 2.05) is 0 Å². The van der Waals surface area contributed by atoms with Gasteiger partial charge >= 0.3 is 6.18 Å². The quantitative estimate of drug-likeness (QED) is 0.181. The lowest BCUT2D eigenvalue weighted by atomic mass is 10.1. The topological polar surface area (TPSA) is 56.7 Å². The third-order valence-electron chi connectivity index (χ3n) is 4.28. The molecule has 0 radical (unpaired) electrons. The highest BCUT2D eigenvalue weighted by atomic mass is 127. The van der Waals surface area contributed by atoms with Crippen molar-refractivity contribution in [1.82, 2.24) is 15.5 Å². The number of aliphatic imine (C=N–C) groups is 1. The molecule has 2 aromatic carbocycles. The van der Waals surface area contributed by atoms with Crippen molar-refractivity contribution < 1.29 is 22.4 Å². The van der Waals surface area contributed by atoms with Gasteiger partial charge in [0, 0.05) is 33.7 Å². The number of rotatable bonds is 7. The predicted octanol–water partition coefficient (Wildman–Crippen LogP) is 3.83. The standard InChI is InChI=1S/C21H24F4N4O.HI/c1-26-20(29(2)14-16-3-7-17(8-4-16)21(23,24)25)28-12-11-27-19(30)13-15-5-9-18(22)10-6-15;/h3-10H,11-14H2,1-2H3,(H,26,28)(H,27,30);1H. The Bertz CT molecular complexity index is 855. The van der Waals surface area contributed by atoms with Crippen LogP contribution in [0.3, 0.4) is 0 Å². The molecule has 0 saturated heterocycles. The Morgan fingerprint density at radius 2 is 1.52 bits per heavy atom. The molecule has 170 valence electrons. The van der Waals surface area contributed by atoms with E-state index in [4.69, 9.17) is 0 Å². The Morgan fingerprint density at radius 3 is 2.06 bits per heavy atom. The number of alkyl halides is 3. The fourth-order valence-electron chi connectivity index (χ4n) is 2.76. The molecule has 2 N–H and O–H groups in total. The second kappa shape index (κ2) is 12.5. The summed E-state index contributed by atoms with van der Waals surface area (Å²) < 4.78 is 50.8. The van der Waals surface area contributed by atoms with E-state index < -0.39 is 11.7 Å². The van der Waals surface area contributed by atoms with Crippen molar-refractivity contribution in [1.29, 1.82) is 0 Å². The van der Waals surface area contributed by atoms with E-state index in [-0.39, 0.29) is 42.1 Å². The highest BCUT2D eigenvalue weighted by Gasteiger charge is 2.29. The number of benzene rings is 2. The maximum atomic E-state index is 12.9. The molecule has 0 saturated carbocycles. The zero-order chi connectivity index (χ0) is 22.1. The van der Waals surface area contributed by atoms with Crippen molar-refractivity contribution in [2.75, 3.05) is 27.2 Å². The molecular formula is C21H25F4IN4O. The fraction of sp³-hybridized carbons (Fsp3) is 0.333. The third-order valence-corrected chi connectivity index (χ3v) is 4.28. The highest BCUT2D eigenvalue weighted by molar-refractivity contribution is 14.0. The summed E-state index contributed by atoms with van der Waals surface area (Å²) in [7, 11) is 3.36. The van der Waals surface area contributed by atoms with Crippen LogP contribution >= 0.6 is 24.0 Å². The predicted molar refractivity (Wildman–Crippen MR) is 123 cm³/mol. The van der Waals surface area contributed by atoms with Crippen molar-refractivity contribution in [2.45, 2.75) is 19.1 Å². The van der Waals surface area contributed by atoms with Crippen LogP contribution in [0.25, 0.3) is 0 Å². The van der Waals surface area contributed by atoms with Gasteiger partial charge < -0.3 is 15.5 Å². The van der Waals surface area contributed by atoms with E-state index in [1.54, 1.807) is 31.1 Å². The summed E-state index contributed by atoms with van der Waals surface area (Å²) in [6.07, 6.45) is -4.20. The minimum atomic E-state index is -4.36. The minimum Gasteiger partial charge on any atom is -0.354 e. The van der Waals surface area contributed by atoms with Crippen LogP contribution in [0.5, 0.6) is 0 Å². The number of guanidine groups is 1. The second-order valence-corrected chi connectivity index (χ2v) is 6.68. The summed E-state index contributed by atoms with van der Waals surface area (Å²) in [6, 6.07) is 10.7. The second-order valence-electron chi connectivity index (χ2n) is 6.68. The number of amides is 1. The van der Waals surface area contributed by atoms with Gasteiger partial charge in [-0.15, -0.1) is 24.0 Å². The van der Waals surface area contributed by atoms with Crippen LogP contribution in [0.2, 0.25) is 0 Å². The minimum absolute atomic E-state index is 0. The average Bonchev–Trinajstić information content (AvgIpc) is 2.69. The van der Waals surface area contributed by atoms with Crippen LogP contribution in [0.4, 0.5) is 17.6 Å². The molecule has 0 aliphatic carbocycles. The molecule has 1 amide bonds. The fourth-order valence-corrected chi connectivity index (χ4v) is 2.76. The zero-order valence-corrected chi connectivity index (χ0v) is 19.5. The summed E-state index contributed by atoms with van der Waals surface area (Å²) in [5.41, 5.74) is 0.739. The first-order valence-corrected chi connectivity index (χ1v) is 9.28. The molecule has 0 aromatic heterocycles. The van der Waals surface area contributed by atoms with Crippen LogP contribution in [-0.4, -0.2) is 44.0 Å². The average molecular weight is 552 g/mol. The molecule has 2 rings (SSSR count). The van der Waals surface area contributed by atoms with E-state index in [9.17, 15) is 22.4 Å². The van der Waals surface area contributed by atoms with Crippen LogP contribution in [0.15, 0.2) is 53.5 Å². The van der Waals surface area contributed by atoms with E-state index in [2.05, 4.69) is 15.6 Å². The molecule has 0 spiro atoms. The molecule has 0 aliphatic rings. The maximum absolute atomic E-state index is 12.9. The van der Waals surface area contributed by atoms with Crippen LogP contribution in [0, 0.1) is 5.82 Å². The Balaban J connectivity index is 0.00000480. The van der Waals surface area contributed by atoms with Crippen molar-refractivity contribution in [3.05, 3.63) is 71.0 Å². The molecule has 10 heteroatoms. The number of halogens is 5. The van der Waals surface area contributed by atoms with Gasteiger partial charge in [0.05, 0.1) is 12.0 Å². The molecule has 0 unspecified atom stereocenters. The summed E-state index contributed by atoms with van der Waals surface area (Å²) >= 11 is 0. The Hall–Kier alpha value is -2.37. The number of nitrogens with zero attached hydrogens (tertiary/aromatic N) is 2. The van der Waals surface area contributed by atoms with Gasteiger partial charge in [-0.2, -0.15) is 13.2 Å².